The molecule has 0 spiro atoms. The summed E-state index contributed by atoms with van der Waals surface area (Å²) in [7, 11) is 0. The van der Waals surface area contributed by atoms with Gasteiger partial charge in [0.25, 0.3) is 0 Å². The highest BCUT2D eigenvalue weighted by molar-refractivity contribution is 9.10. The van der Waals surface area contributed by atoms with Gasteiger partial charge in [-0.2, -0.15) is 0 Å². The Morgan fingerprint density at radius 2 is 2.00 bits per heavy atom. The second-order valence-electron chi connectivity index (χ2n) is 3.65. The summed E-state index contributed by atoms with van der Waals surface area (Å²) in [6.45, 7) is 0.0405. The van der Waals surface area contributed by atoms with Crippen LogP contribution in [0.3, 0.4) is 0 Å². The highest BCUT2D eigenvalue weighted by Gasteiger charge is 2.10. The number of halogens is 1. The fraction of sp³-hybridized carbons (Fsp3) is 0.154. The molecule has 1 unspecified atom stereocenters. The summed E-state index contributed by atoms with van der Waals surface area (Å²) < 4.78 is 0.884. The summed E-state index contributed by atoms with van der Waals surface area (Å²) in [5, 5.41) is 12.7. The van der Waals surface area contributed by atoms with E-state index in [-0.39, 0.29) is 12.6 Å². The second kappa shape index (κ2) is 5.80. The first-order chi connectivity index (χ1) is 8.31. The molecule has 0 saturated heterocycles. The fourth-order valence-electron chi connectivity index (χ4n) is 1.60. The van der Waals surface area contributed by atoms with Crippen LogP contribution in [0, 0.1) is 0 Å². The van der Waals surface area contributed by atoms with Gasteiger partial charge in [0.05, 0.1) is 22.8 Å². The monoisotopic (exact) mass is 292 g/mol. The molecule has 0 aliphatic heterocycles. The number of pyridine rings is 1. The van der Waals surface area contributed by atoms with Crippen molar-refractivity contribution in [1.29, 1.82) is 0 Å². The first-order valence-electron chi connectivity index (χ1n) is 5.33. The summed E-state index contributed by atoms with van der Waals surface area (Å²) in [6.07, 6.45) is 3.44. The third kappa shape index (κ3) is 3.05. The van der Waals surface area contributed by atoms with Crippen molar-refractivity contribution in [3.63, 3.8) is 0 Å². The van der Waals surface area contributed by atoms with E-state index in [0.29, 0.717) is 0 Å². The molecule has 17 heavy (non-hydrogen) atoms. The molecule has 1 heterocycles. The van der Waals surface area contributed by atoms with Gasteiger partial charge < -0.3 is 10.4 Å². The topological polar surface area (TPSA) is 45.1 Å². The standard InChI is InChI=1S/C13H13BrN2O/c14-11-8-15-7-6-12(11)16-13(9-17)10-4-2-1-3-5-10/h1-8,13,17H,9H2,(H,15,16). The van der Waals surface area contributed by atoms with E-state index in [0.717, 1.165) is 15.7 Å². The maximum Gasteiger partial charge on any atom is 0.0745 e. The van der Waals surface area contributed by atoms with Gasteiger partial charge in [-0.25, -0.2) is 0 Å². The van der Waals surface area contributed by atoms with Crippen molar-refractivity contribution in [2.24, 2.45) is 0 Å². The SMILES string of the molecule is OCC(Nc1ccncc1Br)c1ccccc1. The summed E-state index contributed by atoms with van der Waals surface area (Å²) in [6, 6.07) is 11.6. The van der Waals surface area contributed by atoms with Crippen molar-refractivity contribution in [2.75, 3.05) is 11.9 Å². The molecule has 2 N–H and O–H groups in total. The summed E-state index contributed by atoms with van der Waals surface area (Å²) in [5.74, 6) is 0. The Morgan fingerprint density at radius 3 is 2.65 bits per heavy atom. The molecule has 4 heteroatoms. The maximum absolute atomic E-state index is 9.44. The Labute approximate surface area is 109 Å². The van der Waals surface area contributed by atoms with Crippen molar-refractivity contribution in [3.05, 3.63) is 58.8 Å². The number of anilines is 1. The molecule has 0 radical (unpaired) electrons. The van der Waals surface area contributed by atoms with Crippen LogP contribution in [0.5, 0.6) is 0 Å². The van der Waals surface area contributed by atoms with E-state index in [2.05, 4.69) is 26.2 Å². The number of aromatic nitrogens is 1. The van der Waals surface area contributed by atoms with E-state index >= 15 is 0 Å². The predicted molar refractivity (Wildman–Crippen MR) is 71.8 cm³/mol. The predicted octanol–water partition coefficient (Wildman–Crippen LogP) is 2.99. The highest BCUT2D eigenvalue weighted by Crippen LogP contribution is 2.25. The minimum atomic E-state index is -0.116. The fourth-order valence-corrected chi connectivity index (χ4v) is 1.96. The second-order valence-corrected chi connectivity index (χ2v) is 4.50. The number of aliphatic hydroxyl groups excluding tert-OH is 1. The number of nitrogens with zero attached hydrogens (tertiary/aromatic N) is 1. The van der Waals surface area contributed by atoms with Crippen LogP contribution in [0.1, 0.15) is 11.6 Å². The van der Waals surface area contributed by atoms with Crippen molar-refractivity contribution in [2.45, 2.75) is 6.04 Å². The average Bonchev–Trinajstić information content (AvgIpc) is 2.39. The molecular formula is C13H13BrN2O. The quantitative estimate of drug-likeness (QED) is 0.911. The molecule has 2 aromatic rings. The molecule has 0 saturated carbocycles. The molecular weight excluding hydrogens is 280 g/mol. The van der Waals surface area contributed by atoms with E-state index < -0.39 is 0 Å². The van der Waals surface area contributed by atoms with E-state index in [9.17, 15) is 5.11 Å². The molecule has 1 aromatic carbocycles. The van der Waals surface area contributed by atoms with E-state index in [4.69, 9.17) is 0 Å². The van der Waals surface area contributed by atoms with Crippen LogP contribution in [-0.4, -0.2) is 16.7 Å². The highest BCUT2D eigenvalue weighted by atomic mass is 79.9. The van der Waals surface area contributed by atoms with Crippen LogP contribution in [0.15, 0.2) is 53.3 Å². The first-order valence-corrected chi connectivity index (χ1v) is 6.12. The molecule has 0 aliphatic rings. The number of aliphatic hydroxyl groups is 1. The van der Waals surface area contributed by atoms with Gasteiger partial charge in [0.15, 0.2) is 0 Å². The molecule has 2 rings (SSSR count). The summed E-state index contributed by atoms with van der Waals surface area (Å²) in [4.78, 5) is 4.00. The van der Waals surface area contributed by atoms with Crippen LogP contribution >= 0.6 is 15.9 Å². The Kier molecular flexibility index (Phi) is 4.12. The minimum absolute atomic E-state index is 0.0405. The van der Waals surface area contributed by atoms with E-state index in [1.807, 2.05) is 36.4 Å². The van der Waals surface area contributed by atoms with Crippen LogP contribution < -0.4 is 5.32 Å². The molecule has 0 amide bonds. The van der Waals surface area contributed by atoms with Gasteiger partial charge in [0.2, 0.25) is 0 Å². The van der Waals surface area contributed by atoms with Gasteiger partial charge in [0, 0.05) is 12.4 Å². The van der Waals surface area contributed by atoms with Gasteiger partial charge in [-0.3, -0.25) is 4.98 Å². The number of hydrogen-bond acceptors (Lipinski definition) is 3. The molecule has 1 atom stereocenters. The third-order valence-corrected chi connectivity index (χ3v) is 3.12. The molecule has 0 fully saturated rings. The zero-order chi connectivity index (χ0) is 12.1. The summed E-state index contributed by atoms with van der Waals surface area (Å²) in [5.41, 5.74) is 1.97. The van der Waals surface area contributed by atoms with Gasteiger partial charge in [-0.1, -0.05) is 30.3 Å². The largest absolute Gasteiger partial charge is 0.394 e. The van der Waals surface area contributed by atoms with Crippen molar-refractivity contribution >= 4 is 21.6 Å². The molecule has 3 nitrogen and oxygen atoms in total. The van der Waals surface area contributed by atoms with Gasteiger partial charge in [-0.15, -0.1) is 0 Å². The number of benzene rings is 1. The van der Waals surface area contributed by atoms with Crippen LogP contribution in [0.2, 0.25) is 0 Å². The molecule has 88 valence electrons. The molecule has 1 aromatic heterocycles. The van der Waals surface area contributed by atoms with Gasteiger partial charge >= 0.3 is 0 Å². The lowest BCUT2D eigenvalue weighted by atomic mass is 10.1. The average molecular weight is 293 g/mol. The normalized spacial score (nSPS) is 12.1. The van der Waals surface area contributed by atoms with E-state index in [1.54, 1.807) is 12.4 Å². The molecule has 0 bridgehead atoms. The smallest absolute Gasteiger partial charge is 0.0745 e. The molecule has 0 aliphatic carbocycles. The van der Waals surface area contributed by atoms with Crippen LogP contribution in [-0.2, 0) is 0 Å². The number of hydrogen-bond donors (Lipinski definition) is 2. The van der Waals surface area contributed by atoms with Gasteiger partial charge in [0.1, 0.15) is 0 Å². The first kappa shape index (κ1) is 12.1. The third-order valence-electron chi connectivity index (χ3n) is 2.49. The van der Waals surface area contributed by atoms with Crippen LogP contribution in [0.4, 0.5) is 5.69 Å². The number of rotatable bonds is 4. The Hall–Kier alpha value is -1.39. The van der Waals surface area contributed by atoms with Crippen molar-refractivity contribution in [3.8, 4) is 0 Å². The lowest BCUT2D eigenvalue weighted by Crippen LogP contribution is -2.15. The Morgan fingerprint density at radius 1 is 1.24 bits per heavy atom. The zero-order valence-corrected chi connectivity index (χ0v) is 10.8. The zero-order valence-electron chi connectivity index (χ0n) is 9.18. The summed E-state index contributed by atoms with van der Waals surface area (Å²) >= 11 is 3.42. The van der Waals surface area contributed by atoms with Crippen LogP contribution in [0.25, 0.3) is 0 Å². The Balaban J connectivity index is 2.19. The maximum atomic E-state index is 9.44. The Bertz CT molecular complexity index is 476. The number of nitrogens with one attached hydrogen (secondary N) is 1. The lowest BCUT2D eigenvalue weighted by molar-refractivity contribution is 0.276. The minimum Gasteiger partial charge on any atom is -0.394 e. The van der Waals surface area contributed by atoms with E-state index in [1.165, 1.54) is 0 Å². The lowest BCUT2D eigenvalue weighted by Gasteiger charge is -2.18. The van der Waals surface area contributed by atoms with Crippen molar-refractivity contribution < 1.29 is 5.11 Å². The van der Waals surface area contributed by atoms with Gasteiger partial charge in [-0.05, 0) is 27.6 Å². The van der Waals surface area contributed by atoms with Crippen molar-refractivity contribution in [1.82, 2.24) is 4.98 Å².